The van der Waals surface area contributed by atoms with Gasteiger partial charge in [-0.1, -0.05) is 66.2 Å². The molecule has 8 nitrogen and oxygen atoms in total. The number of rotatable bonds is 9. The second-order valence-corrected chi connectivity index (χ2v) is 11.0. The molecule has 0 fully saturated rings. The maximum atomic E-state index is 14.9. The molecule has 3 N–H and O–H groups in total. The van der Waals surface area contributed by atoms with Crippen LogP contribution in [-0.2, 0) is 16.0 Å². The standard InChI is InChI=1S/C34H33FN2O6/c1-21-5-11-25(12-6-21)29-17-18-30(42-29)31(38)37-28(32(39)40)20-23-8-14-24(27(35)19-23)13-7-22-9-15-26(16-10-22)36-33(41)43-34(2,3)4/h5-19,28H,20H2,1-4H3,(H,36,41)(H,37,38)(H,39,40)/b13-7+/t28-/m1/s1. The van der Waals surface area contributed by atoms with E-state index in [1.807, 2.05) is 31.2 Å². The Kier molecular flexibility index (Phi) is 9.45. The van der Waals surface area contributed by atoms with Crippen LogP contribution in [-0.4, -0.2) is 34.7 Å². The Balaban J connectivity index is 1.36. The number of halogens is 1. The van der Waals surface area contributed by atoms with E-state index < -0.39 is 35.4 Å². The van der Waals surface area contributed by atoms with Crippen LogP contribution in [0.15, 0.2) is 83.3 Å². The second-order valence-electron chi connectivity index (χ2n) is 11.0. The average Bonchev–Trinajstić information content (AvgIpc) is 3.43. The van der Waals surface area contributed by atoms with Crippen LogP contribution in [0.4, 0.5) is 14.9 Å². The summed E-state index contributed by atoms with van der Waals surface area (Å²) in [6.45, 7) is 7.29. The highest BCUT2D eigenvalue weighted by Gasteiger charge is 2.23. The third-order valence-corrected chi connectivity index (χ3v) is 6.29. The third-order valence-electron chi connectivity index (χ3n) is 6.29. The van der Waals surface area contributed by atoms with Crippen molar-refractivity contribution in [1.82, 2.24) is 5.32 Å². The number of ether oxygens (including phenoxy) is 1. The van der Waals surface area contributed by atoms with Crippen molar-refractivity contribution in [2.24, 2.45) is 0 Å². The monoisotopic (exact) mass is 584 g/mol. The molecule has 1 heterocycles. The number of carbonyl (C=O) groups is 3. The van der Waals surface area contributed by atoms with Gasteiger partial charge in [-0.15, -0.1) is 0 Å². The number of amides is 2. The fourth-order valence-electron chi connectivity index (χ4n) is 4.12. The summed E-state index contributed by atoms with van der Waals surface area (Å²) in [5.74, 6) is -2.02. The summed E-state index contributed by atoms with van der Waals surface area (Å²) in [5, 5.41) is 14.8. The highest BCUT2D eigenvalue weighted by atomic mass is 19.1. The molecule has 2 amide bonds. The number of benzene rings is 3. The topological polar surface area (TPSA) is 118 Å². The molecule has 0 aliphatic rings. The lowest BCUT2D eigenvalue weighted by atomic mass is 10.0. The first-order chi connectivity index (χ1) is 20.4. The fraction of sp³-hybridized carbons (Fsp3) is 0.206. The van der Waals surface area contributed by atoms with Crippen LogP contribution in [0.3, 0.4) is 0 Å². The first-order valence-electron chi connectivity index (χ1n) is 13.6. The summed E-state index contributed by atoms with van der Waals surface area (Å²) < 4.78 is 25.8. The molecule has 0 bridgehead atoms. The summed E-state index contributed by atoms with van der Waals surface area (Å²) >= 11 is 0. The molecule has 0 saturated carbocycles. The quantitative estimate of drug-likeness (QED) is 0.177. The Bertz CT molecular complexity index is 1630. The summed E-state index contributed by atoms with van der Waals surface area (Å²) in [6, 6.07) is 20.7. The number of carboxylic acid groups (broad SMARTS) is 1. The van der Waals surface area contributed by atoms with Crippen LogP contribution in [0.25, 0.3) is 23.5 Å². The van der Waals surface area contributed by atoms with Gasteiger partial charge in [0.25, 0.3) is 5.91 Å². The van der Waals surface area contributed by atoms with Gasteiger partial charge in [0.2, 0.25) is 0 Å². The Labute approximate surface area is 249 Å². The molecule has 4 rings (SSSR count). The van der Waals surface area contributed by atoms with Crippen molar-refractivity contribution >= 4 is 35.8 Å². The van der Waals surface area contributed by atoms with Gasteiger partial charge in [-0.05, 0) is 69.2 Å². The first-order valence-corrected chi connectivity index (χ1v) is 13.6. The van der Waals surface area contributed by atoms with Crippen LogP contribution in [0, 0.1) is 12.7 Å². The molecule has 0 radical (unpaired) electrons. The molecular formula is C34H33FN2O6. The van der Waals surface area contributed by atoms with Crippen LogP contribution >= 0.6 is 0 Å². The predicted molar refractivity (Wildman–Crippen MR) is 163 cm³/mol. The van der Waals surface area contributed by atoms with Gasteiger partial charge in [0.05, 0.1) is 0 Å². The molecule has 3 aromatic carbocycles. The minimum Gasteiger partial charge on any atom is -0.480 e. The average molecular weight is 585 g/mol. The van der Waals surface area contributed by atoms with Gasteiger partial charge in [-0.3, -0.25) is 10.1 Å². The molecule has 4 aromatic rings. The summed E-state index contributed by atoms with van der Waals surface area (Å²) in [5.41, 5.74) is 3.29. The van der Waals surface area contributed by atoms with Crippen molar-refractivity contribution in [3.63, 3.8) is 0 Å². The number of hydrogen-bond donors (Lipinski definition) is 3. The van der Waals surface area contributed by atoms with Crippen molar-refractivity contribution in [2.75, 3.05) is 5.32 Å². The number of nitrogens with one attached hydrogen (secondary N) is 2. The number of anilines is 1. The lowest BCUT2D eigenvalue weighted by Gasteiger charge is -2.19. The molecule has 9 heteroatoms. The van der Waals surface area contributed by atoms with Gasteiger partial charge in [0, 0.05) is 23.2 Å². The molecule has 1 atom stereocenters. The van der Waals surface area contributed by atoms with Gasteiger partial charge in [0.15, 0.2) is 5.76 Å². The maximum absolute atomic E-state index is 14.9. The molecule has 0 aliphatic carbocycles. The molecule has 0 saturated heterocycles. The minimum atomic E-state index is -1.30. The third kappa shape index (κ3) is 8.90. The molecule has 43 heavy (non-hydrogen) atoms. The highest BCUT2D eigenvalue weighted by Crippen LogP contribution is 2.23. The maximum Gasteiger partial charge on any atom is 0.412 e. The predicted octanol–water partition coefficient (Wildman–Crippen LogP) is 7.34. The molecule has 222 valence electrons. The SMILES string of the molecule is Cc1ccc(-c2ccc(C(=O)N[C@H](Cc3ccc(/C=C/c4ccc(NC(=O)OC(C)(C)C)cc4)c(F)c3)C(=O)O)o2)cc1. The smallest absolute Gasteiger partial charge is 0.412 e. The minimum absolute atomic E-state index is 0.0258. The van der Waals surface area contributed by atoms with E-state index in [9.17, 15) is 23.9 Å². The van der Waals surface area contributed by atoms with Crippen molar-refractivity contribution < 1.29 is 33.0 Å². The van der Waals surface area contributed by atoms with Crippen molar-refractivity contribution in [2.45, 2.75) is 45.8 Å². The Morgan fingerprint density at radius 2 is 1.65 bits per heavy atom. The molecule has 0 aliphatic heterocycles. The van der Waals surface area contributed by atoms with Gasteiger partial charge >= 0.3 is 12.1 Å². The normalized spacial score (nSPS) is 12.1. The molecule has 0 spiro atoms. The summed E-state index contributed by atoms with van der Waals surface area (Å²) in [6.07, 6.45) is 2.62. The number of furan rings is 1. The second kappa shape index (κ2) is 13.2. The highest BCUT2D eigenvalue weighted by molar-refractivity contribution is 5.95. The van der Waals surface area contributed by atoms with E-state index in [1.165, 1.54) is 12.1 Å². The van der Waals surface area contributed by atoms with Gasteiger partial charge < -0.3 is 19.6 Å². The zero-order valence-electron chi connectivity index (χ0n) is 24.3. The molecule has 0 unspecified atom stereocenters. The molecule has 1 aromatic heterocycles. The van der Waals surface area contributed by atoms with E-state index in [1.54, 1.807) is 75.4 Å². The van der Waals surface area contributed by atoms with E-state index in [-0.39, 0.29) is 12.2 Å². The van der Waals surface area contributed by atoms with E-state index in [0.717, 1.165) is 16.7 Å². The summed E-state index contributed by atoms with van der Waals surface area (Å²) in [7, 11) is 0. The van der Waals surface area contributed by atoms with Crippen molar-refractivity contribution in [1.29, 1.82) is 0 Å². The number of aliphatic carboxylic acids is 1. The zero-order chi connectivity index (χ0) is 31.1. The van der Waals surface area contributed by atoms with Crippen LogP contribution in [0.1, 0.15) is 53.6 Å². The van der Waals surface area contributed by atoms with Crippen LogP contribution < -0.4 is 10.6 Å². The number of carbonyl (C=O) groups excluding carboxylic acids is 2. The number of aryl methyl sites for hydroxylation is 1. The van der Waals surface area contributed by atoms with E-state index in [0.29, 0.717) is 22.6 Å². The van der Waals surface area contributed by atoms with Gasteiger partial charge in [-0.25, -0.2) is 14.0 Å². The lowest BCUT2D eigenvalue weighted by molar-refractivity contribution is -0.139. The van der Waals surface area contributed by atoms with Crippen molar-refractivity contribution in [3.05, 3.63) is 113 Å². The largest absolute Gasteiger partial charge is 0.480 e. The molecular weight excluding hydrogens is 551 g/mol. The number of carboxylic acids is 1. The van der Waals surface area contributed by atoms with Gasteiger partial charge in [-0.2, -0.15) is 0 Å². The van der Waals surface area contributed by atoms with Crippen molar-refractivity contribution in [3.8, 4) is 11.3 Å². The van der Waals surface area contributed by atoms with Gasteiger partial charge in [0.1, 0.15) is 23.2 Å². The zero-order valence-corrected chi connectivity index (χ0v) is 24.3. The Morgan fingerprint density at radius 1 is 0.953 bits per heavy atom. The number of hydrogen-bond acceptors (Lipinski definition) is 5. The van der Waals surface area contributed by atoms with E-state index in [4.69, 9.17) is 9.15 Å². The van der Waals surface area contributed by atoms with Crippen LogP contribution in [0.5, 0.6) is 0 Å². The fourth-order valence-corrected chi connectivity index (χ4v) is 4.12. The first kappa shape index (κ1) is 30.8. The van der Waals surface area contributed by atoms with E-state index >= 15 is 0 Å². The Hall–Kier alpha value is -5.18. The van der Waals surface area contributed by atoms with E-state index in [2.05, 4.69) is 10.6 Å². The lowest BCUT2D eigenvalue weighted by Crippen LogP contribution is -2.42. The summed E-state index contributed by atoms with van der Waals surface area (Å²) in [4.78, 5) is 36.6. The Morgan fingerprint density at radius 3 is 2.28 bits per heavy atom. The van der Waals surface area contributed by atoms with Crippen LogP contribution in [0.2, 0.25) is 0 Å².